The van der Waals surface area contributed by atoms with E-state index >= 15 is 0 Å². The van der Waals surface area contributed by atoms with Gasteiger partial charge in [-0.3, -0.25) is 9.59 Å². The maximum absolute atomic E-state index is 13.3. The summed E-state index contributed by atoms with van der Waals surface area (Å²) < 4.78 is 17.0. The number of hydrogen-bond acceptors (Lipinski definition) is 6. The van der Waals surface area contributed by atoms with Gasteiger partial charge in [0, 0.05) is 25.6 Å². The highest BCUT2D eigenvalue weighted by molar-refractivity contribution is 5.83. The first-order chi connectivity index (χ1) is 15.4. The number of nitrogens with zero attached hydrogens (tertiary/aromatic N) is 1. The number of ether oxygens (including phenoxy) is 3. The number of nitrogens with one attached hydrogen (secondary N) is 1. The van der Waals surface area contributed by atoms with Crippen molar-refractivity contribution in [3.63, 3.8) is 0 Å². The van der Waals surface area contributed by atoms with Crippen LogP contribution in [0.3, 0.4) is 0 Å². The van der Waals surface area contributed by atoms with E-state index in [0.717, 1.165) is 35.3 Å². The van der Waals surface area contributed by atoms with Crippen LogP contribution in [0.4, 0.5) is 5.69 Å². The zero-order chi connectivity index (χ0) is 23.4. The second-order valence-electron chi connectivity index (χ2n) is 7.74. The number of fused-ring (bicyclic) bond motifs is 3. The van der Waals surface area contributed by atoms with Gasteiger partial charge in [0.15, 0.2) is 11.5 Å². The molecule has 0 bridgehead atoms. The van der Waals surface area contributed by atoms with Gasteiger partial charge in [-0.15, -0.1) is 0 Å². The lowest BCUT2D eigenvalue weighted by Gasteiger charge is -2.19. The molecule has 172 valence electrons. The summed E-state index contributed by atoms with van der Waals surface area (Å²) in [6.07, 6.45) is 1.31. The topological polar surface area (TPSA) is 77.1 Å². The highest BCUT2D eigenvalue weighted by atomic mass is 16.5. The Morgan fingerprint density at radius 1 is 1.06 bits per heavy atom. The molecule has 32 heavy (non-hydrogen) atoms. The van der Waals surface area contributed by atoms with Crippen molar-refractivity contribution >= 4 is 11.6 Å². The molecule has 0 aromatic heterocycles. The minimum Gasteiger partial charge on any atom is -0.493 e. The van der Waals surface area contributed by atoms with Crippen molar-refractivity contribution in [3.05, 3.63) is 45.6 Å². The number of carbonyl (C=O) groups is 1. The Kier molecular flexibility index (Phi) is 7.28. The summed E-state index contributed by atoms with van der Waals surface area (Å²) in [4.78, 5) is 27.3. The Bertz CT molecular complexity index is 1060. The Hall–Kier alpha value is -3.22. The molecule has 2 aromatic rings. The molecule has 0 saturated carbocycles. The molecule has 0 unspecified atom stereocenters. The van der Waals surface area contributed by atoms with Crippen LogP contribution in [0.1, 0.15) is 44.4 Å². The zero-order valence-electron chi connectivity index (χ0n) is 19.7. The van der Waals surface area contributed by atoms with Gasteiger partial charge in [0.25, 0.3) is 0 Å². The molecule has 1 aliphatic rings. The fraction of sp³-hybridized carbons (Fsp3) is 0.440. The third-order valence-electron chi connectivity index (χ3n) is 6.00. The average molecular weight is 441 g/mol. The quantitative estimate of drug-likeness (QED) is 0.707. The molecular weight excluding hydrogens is 408 g/mol. The number of rotatable bonds is 7. The number of benzene rings is 1. The van der Waals surface area contributed by atoms with E-state index in [1.807, 2.05) is 36.9 Å². The molecule has 1 amide bonds. The van der Waals surface area contributed by atoms with E-state index in [2.05, 4.69) is 5.32 Å². The first-order valence-corrected chi connectivity index (χ1v) is 10.9. The molecule has 7 nitrogen and oxygen atoms in total. The van der Waals surface area contributed by atoms with E-state index in [1.54, 1.807) is 27.4 Å². The van der Waals surface area contributed by atoms with Crippen LogP contribution < -0.4 is 29.9 Å². The zero-order valence-corrected chi connectivity index (χ0v) is 19.7. The largest absolute Gasteiger partial charge is 0.493 e. The molecular formula is C25H32N2O5. The summed E-state index contributed by atoms with van der Waals surface area (Å²) in [5.41, 5.74) is 4.03. The number of carbonyl (C=O) groups excluding carboxylic acids is 1. The van der Waals surface area contributed by atoms with E-state index in [-0.39, 0.29) is 17.4 Å². The van der Waals surface area contributed by atoms with Gasteiger partial charge in [0.1, 0.15) is 0 Å². The molecule has 1 atom stereocenters. The minimum absolute atomic E-state index is 0.0757. The number of methoxy groups -OCH3 is 3. The Labute approximate surface area is 189 Å². The summed E-state index contributed by atoms with van der Waals surface area (Å²) in [5.74, 6) is 1.48. The molecule has 3 rings (SSSR count). The third-order valence-corrected chi connectivity index (χ3v) is 6.00. The molecule has 1 N–H and O–H groups in total. The molecule has 0 aliphatic heterocycles. The maximum Gasteiger partial charge on any atom is 0.217 e. The van der Waals surface area contributed by atoms with Gasteiger partial charge in [-0.05, 0) is 61.6 Å². The highest BCUT2D eigenvalue weighted by Gasteiger charge is 2.29. The molecule has 7 heteroatoms. The van der Waals surface area contributed by atoms with Gasteiger partial charge in [-0.25, -0.2) is 0 Å². The first-order valence-electron chi connectivity index (χ1n) is 10.9. The van der Waals surface area contributed by atoms with E-state index in [4.69, 9.17) is 14.2 Å². The van der Waals surface area contributed by atoms with Crippen LogP contribution >= 0.6 is 0 Å². The van der Waals surface area contributed by atoms with Gasteiger partial charge in [0.2, 0.25) is 17.1 Å². The van der Waals surface area contributed by atoms with E-state index in [0.29, 0.717) is 35.8 Å². The minimum atomic E-state index is -0.304. The summed E-state index contributed by atoms with van der Waals surface area (Å²) in [7, 11) is 4.76. The second kappa shape index (κ2) is 9.94. The lowest BCUT2D eigenvalue weighted by atomic mass is 9.95. The summed E-state index contributed by atoms with van der Waals surface area (Å²) >= 11 is 0. The van der Waals surface area contributed by atoms with E-state index in [1.165, 1.54) is 6.92 Å². The highest BCUT2D eigenvalue weighted by Crippen LogP contribution is 2.50. The number of anilines is 1. The smallest absolute Gasteiger partial charge is 0.217 e. The standard InChI is InChI=1S/C25H32N2O5/c1-7-27(8-2)20-12-10-17-18(14-21(20)29)19(26-15(3)28)11-9-16-13-22(30-4)24(31-5)25(32-6)23(16)17/h10,12-14,19H,7-9,11H2,1-6H3,(H,26,28)/t19-/m1/s1. The van der Waals surface area contributed by atoms with Crippen LogP contribution in [0.2, 0.25) is 0 Å². The Balaban J connectivity index is 2.41. The van der Waals surface area contributed by atoms with Crippen molar-refractivity contribution in [1.82, 2.24) is 5.32 Å². The predicted octanol–water partition coefficient (Wildman–Crippen LogP) is 3.71. The van der Waals surface area contributed by atoms with Crippen molar-refractivity contribution < 1.29 is 19.0 Å². The molecule has 0 spiro atoms. The van der Waals surface area contributed by atoms with Crippen LogP contribution in [0.15, 0.2) is 29.1 Å². The van der Waals surface area contributed by atoms with E-state index in [9.17, 15) is 9.59 Å². The Morgan fingerprint density at radius 3 is 2.31 bits per heavy atom. The average Bonchev–Trinajstić information content (AvgIpc) is 3.02. The predicted molar refractivity (Wildman–Crippen MR) is 126 cm³/mol. The monoisotopic (exact) mass is 440 g/mol. The van der Waals surface area contributed by atoms with Gasteiger partial charge in [0.05, 0.1) is 33.1 Å². The number of aryl methyl sites for hydroxylation is 1. The van der Waals surface area contributed by atoms with Crippen molar-refractivity contribution in [3.8, 4) is 28.4 Å². The Morgan fingerprint density at radius 2 is 1.75 bits per heavy atom. The first kappa shape index (κ1) is 23.4. The fourth-order valence-corrected chi connectivity index (χ4v) is 4.53. The lowest BCUT2D eigenvalue weighted by molar-refractivity contribution is -0.119. The third kappa shape index (κ3) is 4.24. The molecule has 1 aliphatic carbocycles. The second-order valence-corrected chi connectivity index (χ2v) is 7.74. The molecule has 0 heterocycles. The van der Waals surface area contributed by atoms with Crippen LogP contribution in [-0.4, -0.2) is 40.3 Å². The summed E-state index contributed by atoms with van der Waals surface area (Å²) in [6, 6.07) is 7.13. The van der Waals surface area contributed by atoms with Gasteiger partial charge in [-0.2, -0.15) is 0 Å². The number of hydrogen-bond donors (Lipinski definition) is 1. The van der Waals surface area contributed by atoms with Gasteiger partial charge < -0.3 is 24.4 Å². The van der Waals surface area contributed by atoms with E-state index < -0.39 is 0 Å². The summed E-state index contributed by atoms with van der Waals surface area (Å²) in [5, 5.41) is 3.03. The van der Waals surface area contributed by atoms with Crippen molar-refractivity contribution in [2.45, 2.75) is 39.7 Å². The van der Waals surface area contributed by atoms with Gasteiger partial charge in [-0.1, -0.05) is 6.07 Å². The van der Waals surface area contributed by atoms with Crippen LogP contribution in [0.25, 0.3) is 11.1 Å². The van der Waals surface area contributed by atoms with Crippen molar-refractivity contribution in [2.24, 2.45) is 0 Å². The van der Waals surface area contributed by atoms with Crippen LogP contribution in [0.5, 0.6) is 17.2 Å². The van der Waals surface area contributed by atoms with Crippen LogP contribution in [0, 0.1) is 0 Å². The number of amides is 1. The molecule has 0 radical (unpaired) electrons. The molecule has 0 saturated heterocycles. The molecule has 2 aromatic carbocycles. The molecule has 0 fully saturated rings. The van der Waals surface area contributed by atoms with Crippen molar-refractivity contribution in [1.29, 1.82) is 0 Å². The SMILES string of the molecule is CCN(CC)c1ccc2c(cc1=O)[C@H](NC(C)=O)CCc1cc(OC)c(OC)c(OC)c1-2. The lowest BCUT2D eigenvalue weighted by Crippen LogP contribution is -2.28. The van der Waals surface area contributed by atoms with Crippen molar-refractivity contribution in [2.75, 3.05) is 39.3 Å². The van der Waals surface area contributed by atoms with Crippen LogP contribution in [-0.2, 0) is 11.2 Å². The fourth-order valence-electron chi connectivity index (χ4n) is 4.53. The summed E-state index contributed by atoms with van der Waals surface area (Å²) in [6.45, 7) is 6.99. The normalized spacial score (nSPS) is 14.5. The maximum atomic E-state index is 13.3. The van der Waals surface area contributed by atoms with Gasteiger partial charge >= 0.3 is 0 Å².